The summed E-state index contributed by atoms with van der Waals surface area (Å²) in [5, 5.41) is 6.06. The molecule has 0 aliphatic heterocycles. The molecule has 6 heteroatoms. The van der Waals surface area contributed by atoms with E-state index in [0.717, 1.165) is 17.9 Å². The van der Waals surface area contributed by atoms with E-state index in [1.54, 1.807) is 18.2 Å². The Morgan fingerprint density at radius 1 is 1.04 bits per heavy atom. The zero-order valence-electron chi connectivity index (χ0n) is 16.3. The predicted molar refractivity (Wildman–Crippen MR) is 111 cm³/mol. The summed E-state index contributed by atoms with van der Waals surface area (Å²) in [6.45, 7) is 5.97. The highest BCUT2D eigenvalue weighted by Crippen LogP contribution is 2.23. The van der Waals surface area contributed by atoms with Gasteiger partial charge in [-0.2, -0.15) is 0 Å². The first-order chi connectivity index (χ1) is 13.5. The molecule has 1 unspecified atom stereocenters. The molecule has 0 aliphatic carbocycles. The molecule has 2 N–H and O–H groups in total. The van der Waals surface area contributed by atoms with Crippen LogP contribution in [0.5, 0.6) is 11.5 Å². The lowest BCUT2D eigenvalue weighted by Crippen LogP contribution is -2.19. The van der Waals surface area contributed by atoms with Gasteiger partial charge in [0.1, 0.15) is 17.2 Å². The number of hydrogen-bond acceptors (Lipinski definition) is 5. The van der Waals surface area contributed by atoms with Crippen molar-refractivity contribution in [3.8, 4) is 11.5 Å². The van der Waals surface area contributed by atoms with Crippen molar-refractivity contribution in [3.05, 3.63) is 72.1 Å². The minimum Gasteiger partial charge on any atom is -0.457 e. The van der Waals surface area contributed by atoms with Crippen LogP contribution in [0.4, 0.5) is 11.6 Å². The number of anilines is 2. The van der Waals surface area contributed by atoms with E-state index in [1.165, 1.54) is 0 Å². The summed E-state index contributed by atoms with van der Waals surface area (Å²) < 4.78 is 5.76. The molecule has 1 amide bonds. The summed E-state index contributed by atoms with van der Waals surface area (Å²) >= 11 is 0. The van der Waals surface area contributed by atoms with Crippen LogP contribution in [0.1, 0.15) is 36.5 Å². The van der Waals surface area contributed by atoms with Crippen LogP contribution < -0.4 is 15.4 Å². The number of rotatable bonds is 7. The Morgan fingerprint density at radius 3 is 2.39 bits per heavy atom. The van der Waals surface area contributed by atoms with Crippen molar-refractivity contribution in [2.24, 2.45) is 0 Å². The van der Waals surface area contributed by atoms with Crippen LogP contribution in [0.15, 0.2) is 60.7 Å². The molecule has 0 spiro atoms. The highest BCUT2D eigenvalue weighted by Gasteiger charge is 2.12. The molecule has 0 aliphatic rings. The molecule has 0 fully saturated rings. The second-order valence-electron chi connectivity index (χ2n) is 6.57. The molecule has 3 aromatic rings. The van der Waals surface area contributed by atoms with Gasteiger partial charge in [-0.15, -0.1) is 0 Å². The van der Waals surface area contributed by atoms with E-state index in [1.807, 2.05) is 56.3 Å². The lowest BCUT2D eigenvalue weighted by Gasteiger charge is -2.13. The standard InChI is InChI=1S/C22H24N4O2/c1-4-15(2)23-22-24-16(3)14-20(26-22)21(27)25-17-10-12-19(13-11-17)28-18-8-6-5-7-9-18/h5-15H,4H2,1-3H3,(H,25,27)(H,23,24,26). The molecule has 1 aromatic heterocycles. The molecule has 1 atom stereocenters. The Balaban J connectivity index is 1.67. The number of para-hydroxylation sites is 1. The van der Waals surface area contributed by atoms with Crippen molar-refractivity contribution < 1.29 is 9.53 Å². The molecule has 0 saturated carbocycles. The summed E-state index contributed by atoms with van der Waals surface area (Å²) in [6, 6.07) is 18.6. The Morgan fingerprint density at radius 2 is 1.71 bits per heavy atom. The lowest BCUT2D eigenvalue weighted by molar-refractivity contribution is 0.102. The van der Waals surface area contributed by atoms with Crippen LogP contribution >= 0.6 is 0 Å². The fraction of sp³-hybridized carbons (Fsp3) is 0.227. The second kappa shape index (κ2) is 8.99. The van der Waals surface area contributed by atoms with Gasteiger partial charge in [-0.3, -0.25) is 4.79 Å². The van der Waals surface area contributed by atoms with Crippen molar-refractivity contribution in [1.29, 1.82) is 0 Å². The zero-order valence-corrected chi connectivity index (χ0v) is 16.3. The molecule has 0 bridgehead atoms. The maximum absolute atomic E-state index is 12.6. The van der Waals surface area contributed by atoms with E-state index in [-0.39, 0.29) is 11.9 Å². The van der Waals surface area contributed by atoms with E-state index >= 15 is 0 Å². The third-order valence-electron chi connectivity index (χ3n) is 4.17. The van der Waals surface area contributed by atoms with Crippen molar-refractivity contribution in [2.45, 2.75) is 33.2 Å². The monoisotopic (exact) mass is 376 g/mol. The molecule has 2 aromatic carbocycles. The molecular weight excluding hydrogens is 352 g/mol. The first-order valence-corrected chi connectivity index (χ1v) is 9.30. The van der Waals surface area contributed by atoms with Gasteiger partial charge >= 0.3 is 0 Å². The van der Waals surface area contributed by atoms with Crippen molar-refractivity contribution >= 4 is 17.5 Å². The Bertz CT molecular complexity index is 927. The third-order valence-corrected chi connectivity index (χ3v) is 4.17. The number of carbonyl (C=O) groups excluding carboxylic acids is 1. The summed E-state index contributed by atoms with van der Waals surface area (Å²) in [5.74, 6) is 1.64. The molecule has 6 nitrogen and oxygen atoms in total. The fourth-order valence-electron chi connectivity index (χ4n) is 2.50. The first-order valence-electron chi connectivity index (χ1n) is 9.30. The number of hydrogen-bond donors (Lipinski definition) is 2. The number of aromatic nitrogens is 2. The van der Waals surface area contributed by atoms with Gasteiger partial charge < -0.3 is 15.4 Å². The fourth-order valence-corrected chi connectivity index (χ4v) is 2.50. The molecule has 0 radical (unpaired) electrons. The van der Waals surface area contributed by atoms with Gasteiger partial charge in [-0.05, 0) is 62.7 Å². The van der Waals surface area contributed by atoms with Gasteiger partial charge in [0.25, 0.3) is 5.91 Å². The number of aryl methyl sites for hydroxylation is 1. The van der Waals surface area contributed by atoms with Crippen LogP contribution in [0, 0.1) is 6.92 Å². The average Bonchev–Trinajstić information content (AvgIpc) is 2.69. The summed E-state index contributed by atoms with van der Waals surface area (Å²) in [4.78, 5) is 21.3. The van der Waals surface area contributed by atoms with Crippen molar-refractivity contribution in [1.82, 2.24) is 9.97 Å². The van der Waals surface area contributed by atoms with Crippen LogP contribution in [0.2, 0.25) is 0 Å². The van der Waals surface area contributed by atoms with E-state index < -0.39 is 0 Å². The largest absolute Gasteiger partial charge is 0.457 e. The molecule has 0 saturated heterocycles. The third kappa shape index (κ3) is 5.30. The smallest absolute Gasteiger partial charge is 0.274 e. The van der Waals surface area contributed by atoms with Gasteiger partial charge in [0.2, 0.25) is 5.95 Å². The Labute approximate surface area is 165 Å². The quantitative estimate of drug-likeness (QED) is 0.604. The summed E-state index contributed by atoms with van der Waals surface area (Å²) in [5.41, 5.74) is 1.72. The normalized spacial score (nSPS) is 11.5. The average molecular weight is 376 g/mol. The molecule has 144 valence electrons. The zero-order chi connectivity index (χ0) is 19.9. The lowest BCUT2D eigenvalue weighted by atomic mass is 10.2. The number of benzene rings is 2. The SMILES string of the molecule is CCC(C)Nc1nc(C)cc(C(=O)Nc2ccc(Oc3ccccc3)cc2)n1. The van der Waals surface area contributed by atoms with Gasteiger partial charge in [0.05, 0.1) is 0 Å². The van der Waals surface area contributed by atoms with E-state index in [2.05, 4.69) is 27.5 Å². The number of amides is 1. The van der Waals surface area contributed by atoms with Crippen molar-refractivity contribution in [2.75, 3.05) is 10.6 Å². The molecular formula is C22H24N4O2. The maximum atomic E-state index is 12.6. The molecule has 1 heterocycles. The summed E-state index contributed by atoms with van der Waals surface area (Å²) in [6.07, 6.45) is 0.941. The van der Waals surface area contributed by atoms with Crippen LogP contribution in [0.25, 0.3) is 0 Å². The minimum absolute atomic E-state index is 0.231. The Hall–Kier alpha value is -3.41. The number of nitrogens with one attached hydrogen (secondary N) is 2. The van der Waals surface area contributed by atoms with Gasteiger partial charge in [-0.25, -0.2) is 9.97 Å². The second-order valence-corrected chi connectivity index (χ2v) is 6.57. The molecule has 3 rings (SSSR count). The van der Waals surface area contributed by atoms with E-state index in [4.69, 9.17) is 4.74 Å². The van der Waals surface area contributed by atoms with Gasteiger partial charge in [0, 0.05) is 17.4 Å². The topological polar surface area (TPSA) is 76.1 Å². The Kier molecular flexibility index (Phi) is 6.22. The van der Waals surface area contributed by atoms with Crippen LogP contribution in [-0.4, -0.2) is 21.9 Å². The van der Waals surface area contributed by atoms with Gasteiger partial charge in [-0.1, -0.05) is 25.1 Å². The molecule has 28 heavy (non-hydrogen) atoms. The number of nitrogens with zero attached hydrogens (tertiary/aromatic N) is 2. The maximum Gasteiger partial charge on any atom is 0.274 e. The predicted octanol–water partition coefficient (Wildman–Crippen LogP) is 5.04. The number of carbonyl (C=O) groups is 1. The minimum atomic E-state index is -0.283. The highest BCUT2D eigenvalue weighted by atomic mass is 16.5. The van der Waals surface area contributed by atoms with E-state index in [9.17, 15) is 4.79 Å². The van der Waals surface area contributed by atoms with Gasteiger partial charge in [0.15, 0.2) is 0 Å². The highest BCUT2D eigenvalue weighted by molar-refractivity contribution is 6.03. The van der Waals surface area contributed by atoms with Crippen molar-refractivity contribution in [3.63, 3.8) is 0 Å². The van der Waals surface area contributed by atoms with Crippen LogP contribution in [-0.2, 0) is 0 Å². The summed E-state index contributed by atoms with van der Waals surface area (Å²) in [7, 11) is 0. The van der Waals surface area contributed by atoms with E-state index in [0.29, 0.717) is 23.1 Å². The number of ether oxygens (including phenoxy) is 1. The van der Waals surface area contributed by atoms with Crippen LogP contribution in [0.3, 0.4) is 0 Å². The first kappa shape index (κ1) is 19.4.